The molecule has 0 unspecified atom stereocenters. The molecule has 1 N–H and O–H groups in total. The van der Waals surface area contributed by atoms with Crippen molar-refractivity contribution in [2.75, 3.05) is 13.2 Å². The molecule has 0 saturated carbocycles. The van der Waals surface area contributed by atoms with Crippen molar-refractivity contribution in [3.8, 4) is 0 Å². The van der Waals surface area contributed by atoms with Gasteiger partial charge in [0, 0.05) is 12.1 Å². The second-order valence-corrected chi connectivity index (χ2v) is 4.08. The summed E-state index contributed by atoms with van der Waals surface area (Å²) in [6.45, 7) is 6.21. The van der Waals surface area contributed by atoms with E-state index in [4.69, 9.17) is 4.74 Å². The molecule has 0 aliphatic carbocycles. The fraction of sp³-hybridized carbons (Fsp3) is 0.429. The van der Waals surface area contributed by atoms with Crippen molar-refractivity contribution in [2.45, 2.75) is 27.2 Å². The Morgan fingerprint density at radius 3 is 2.39 bits per heavy atom. The lowest BCUT2D eigenvalue weighted by Gasteiger charge is -2.10. The van der Waals surface area contributed by atoms with Gasteiger partial charge in [0.25, 0.3) is 5.91 Å². The third-order valence-corrected chi connectivity index (χ3v) is 2.63. The van der Waals surface area contributed by atoms with E-state index in [-0.39, 0.29) is 18.3 Å². The van der Waals surface area contributed by atoms with Gasteiger partial charge in [-0.3, -0.25) is 9.59 Å². The summed E-state index contributed by atoms with van der Waals surface area (Å²) in [6, 6.07) is 5.71. The third-order valence-electron chi connectivity index (χ3n) is 2.63. The summed E-state index contributed by atoms with van der Waals surface area (Å²) in [5, 5.41) is 2.73. The summed E-state index contributed by atoms with van der Waals surface area (Å²) in [5.74, 6) is -0.436. The van der Waals surface area contributed by atoms with Crippen LogP contribution in [-0.2, 0) is 9.53 Å². The van der Waals surface area contributed by atoms with E-state index in [2.05, 4.69) is 5.32 Å². The van der Waals surface area contributed by atoms with Crippen LogP contribution in [0.15, 0.2) is 18.2 Å². The molecule has 0 saturated heterocycles. The molecule has 98 valence electrons. The summed E-state index contributed by atoms with van der Waals surface area (Å²) < 4.78 is 4.79. The van der Waals surface area contributed by atoms with Crippen LogP contribution < -0.4 is 5.32 Å². The van der Waals surface area contributed by atoms with Crippen molar-refractivity contribution in [2.24, 2.45) is 0 Å². The lowest BCUT2D eigenvalue weighted by Crippen LogP contribution is -2.27. The zero-order chi connectivity index (χ0) is 13.5. The average Bonchev–Trinajstić information content (AvgIpc) is 2.29. The van der Waals surface area contributed by atoms with Crippen molar-refractivity contribution in [3.05, 3.63) is 34.9 Å². The summed E-state index contributed by atoms with van der Waals surface area (Å²) in [5.41, 5.74) is 2.55. The molecule has 1 aromatic carbocycles. The Morgan fingerprint density at radius 1 is 1.22 bits per heavy atom. The lowest BCUT2D eigenvalue weighted by molar-refractivity contribution is -0.142. The number of nitrogens with one attached hydrogen (secondary N) is 1. The van der Waals surface area contributed by atoms with E-state index in [9.17, 15) is 9.59 Å². The van der Waals surface area contributed by atoms with E-state index < -0.39 is 0 Å². The number of hydrogen-bond donors (Lipinski definition) is 1. The first-order valence-corrected chi connectivity index (χ1v) is 6.06. The predicted molar refractivity (Wildman–Crippen MR) is 69.5 cm³/mol. The molecular weight excluding hydrogens is 230 g/mol. The molecule has 0 fully saturated rings. The minimum absolute atomic E-state index is 0.144. The fourth-order valence-corrected chi connectivity index (χ4v) is 1.77. The second kappa shape index (κ2) is 6.79. The Bertz CT molecular complexity index is 420. The zero-order valence-electron chi connectivity index (χ0n) is 11.1. The van der Waals surface area contributed by atoms with Crippen molar-refractivity contribution in [1.82, 2.24) is 5.32 Å². The zero-order valence-corrected chi connectivity index (χ0v) is 11.1. The summed E-state index contributed by atoms with van der Waals surface area (Å²) in [4.78, 5) is 23.1. The Kier molecular flexibility index (Phi) is 5.36. The van der Waals surface area contributed by atoms with Gasteiger partial charge in [0.1, 0.15) is 0 Å². The second-order valence-electron chi connectivity index (χ2n) is 4.08. The van der Waals surface area contributed by atoms with E-state index in [1.54, 1.807) is 6.92 Å². The van der Waals surface area contributed by atoms with Crippen molar-refractivity contribution in [1.29, 1.82) is 0 Å². The Balaban J connectivity index is 2.53. The smallest absolute Gasteiger partial charge is 0.307 e. The highest BCUT2D eigenvalue weighted by Crippen LogP contribution is 2.12. The SMILES string of the molecule is CCOC(=O)CCNC(=O)c1c(C)cccc1C. The molecule has 4 nitrogen and oxygen atoms in total. The Labute approximate surface area is 107 Å². The van der Waals surface area contributed by atoms with Crippen LogP contribution >= 0.6 is 0 Å². The van der Waals surface area contributed by atoms with E-state index in [1.807, 2.05) is 32.0 Å². The summed E-state index contributed by atoms with van der Waals surface area (Å²) in [6.07, 6.45) is 0.199. The van der Waals surface area contributed by atoms with Gasteiger partial charge in [-0.05, 0) is 31.9 Å². The van der Waals surface area contributed by atoms with Gasteiger partial charge in [-0.25, -0.2) is 0 Å². The molecule has 0 aliphatic rings. The number of hydrogen-bond acceptors (Lipinski definition) is 3. The Morgan fingerprint density at radius 2 is 1.83 bits per heavy atom. The minimum Gasteiger partial charge on any atom is -0.466 e. The first-order valence-electron chi connectivity index (χ1n) is 6.06. The van der Waals surface area contributed by atoms with E-state index in [1.165, 1.54) is 0 Å². The number of carbonyl (C=O) groups excluding carboxylic acids is 2. The fourth-order valence-electron chi connectivity index (χ4n) is 1.77. The lowest BCUT2D eigenvalue weighted by atomic mass is 10.0. The molecule has 0 atom stereocenters. The van der Waals surface area contributed by atoms with Crippen LogP contribution in [0.25, 0.3) is 0 Å². The maximum Gasteiger partial charge on any atom is 0.307 e. The largest absolute Gasteiger partial charge is 0.466 e. The van der Waals surface area contributed by atoms with Crippen LogP contribution in [0, 0.1) is 13.8 Å². The monoisotopic (exact) mass is 249 g/mol. The van der Waals surface area contributed by atoms with Crippen molar-refractivity contribution in [3.63, 3.8) is 0 Å². The number of carbonyl (C=O) groups is 2. The average molecular weight is 249 g/mol. The molecular formula is C14H19NO3. The number of amides is 1. The van der Waals surface area contributed by atoms with Gasteiger partial charge in [-0.15, -0.1) is 0 Å². The highest BCUT2D eigenvalue weighted by atomic mass is 16.5. The minimum atomic E-state index is -0.292. The normalized spacial score (nSPS) is 9.94. The van der Waals surface area contributed by atoms with Crippen LogP contribution in [0.1, 0.15) is 34.8 Å². The molecule has 18 heavy (non-hydrogen) atoms. The van der Waals surface area contributed by atoms with E-state index in [0.29, 0.717) is 18.7 Å². The molecule has 0 aliphatic heterocycles. The molecule has 0 heterocycles. The van der Waals surface area contributed by atoms with Gasteiger partial charge in [0.05, 0.1) is 13.0 Å². The number of ether oxygens (including phenoxy) is 1. The molecule has 0 spiro atoms. The van der Waals surface area contributed by atoms with Crippen LogP contribution in [0.5, 0.6) is 0 Å². The first-order chi connectivity index (χ1) is 8.56. The molecule has 1 rings (SSSR count). The topological polar surface area (TPSA) is 55.4 Å². The van der Waals surface area contributed by atoms with Gasteiger partial charge in [-0.2, -0.15) is 0 Å². The van der Waals surface area contributed by atoms with Gasteiger partial charge >= 0.3 is 5.97 Å². The number of rotatable bonds is 5. The quantitative estimate of drug-likeness (QED) is 0.812. The molecule has 0 radical (unpaired) electrons. The standard InChI is InChI=1S/C14H19NO3/c1-4-18-12(16)8-9-15-14(17)13-10(2)6-5-7-11(13)3/h5-7H,4,8-9H2,1-3H3,(H,15,17). The number of benzene rings is 1. The maximum absolute atomic E-state index is 12.0. The molecule has 0 bridgehead atoms. The highest BCUT2D eigenvalue weighted by Gasteiger charge is 2.11. The van der Waals surface area contributed by atoms with Crippen LogP contribution in [0.2, 0.25) is 0 Å². The van der Waals surface area contributed by atoms with Crippen LogP contribution in [0.4, 0.5) is 0 Å². The maximum atomic E-state index is 12.0. The molecule has 1 aromatic rings. The van der Waals surface area contributed by atoms with Crippen molar-refractivity contribution >= 4 is 11.9 Å². The van der Waals surface area contributed by atoms with Gasteiger partial charge in [-0.1, -0.05) is 18.2 Å². The Hall–Kier alpha value is -1.84. The van der Waals surface area contributed by atoms with Crippen LogP contribution in [-0.4, -0.2) is 25.0 Å². The van der Waals surface area contributed by atoms with Gasteiger partial charge in [0.2, 0.25) is 0 Å². The van der Waals surface area contributed by atoms with Crippen molar-refractivity contribution < 1.29 is 14.3 Å². The highest BCUT2D eigenvalue weighted by molar-refractivity contribution is 5.97. The predicted octanol–water partition coefficient (Wildman–Crippen LogP) is 1.99. The number of esters is 1. The molecule has 1 amide bonds. The van der Waals surface area contributed by atoms with Gasteiger partial charge in [0.15, 0.2) is 0 Å². The molecule has 0 aromatic heterocycles. The van der Waals surface area contributed by atoms with Gasteiger partial charge < -0.3 is 10.1 Å². The van der Waals surface area contributed by atoms with E-state index >= 15 is 0 Å². The third kappa shape index (κ3) is 3.87. The molecule has 4 heteroatoms. The first kappa shape index (κ1) is 14.2. The van der Waals surface area contributed by atoms with Crippen LogP contribution in [0.3, 0.4) is 0 Å². The van der Waals surface area contributed by atoms with E-state index in [0.717, 1.165) is 11.1 Å². The number of aryl methyl sites for hydroxylation is 2. The summed E-state index contributed by atoms with van der Waals surface area (Å²) in [7, 11) is 0. The summed E-state index contributed by atoms with van der Waals surface area (Å²) >= 11 is 0.